The van der Waals surface area contributed by atoms with Crippen LogP contribution in [0.15, 0.2) is 53.3 Å². The van der Waals surface area contributed by atoms with Gasteiger partial charge < -0.3 is 19.9 Å². The predicted octanol–water partition coefficient (Wildman–Crippen LogP) is 1.72. The van der Waals surface area contributed by atoms with Gasteiger partial charge in [0.25, 0.3) is 5.91 Å². The highest BCUT2D eigenvalue weighted by molar-refractivity contribution is 6.09. The third-order valence-corrected chi connectivity index (χ3v) is 7.36. The first-order valence-corrected chi connectivity index (χ1v) is 11.8. The fraction of sp³-hybridized carbons (Fsp3) is 0.360. The SMILES string of the molecule is O=C(CN1C(=O)N[C@@]2(CCOc3ccccc32)C1=O)N1CCC(n2c(=O)[nH]c3ccccc32)CC1. The zero-order valence-corrected chi connectivity index (χ0v) is 19.0. The lowest BCUT2D eigenvalue weighted by Gasteiger charge is -2.34. The number of imide groups is 1. The van der Waals surface area contributed by atoms with Crippen molar-refractivity contribution in [3.05, 3.63) is 64.6 Å². The van der Waals surface area contributed by atoms with Gasteiger partial charge in [-0.25, -0.2) is 9.59 Å². The maximum absolute atomic E-state index is 13.4. The van der Waals surface area contributed by atoms with E-state index in [0.717, 1.165) is 15.9 Å². The summed E-state index contributed by atoms with van der Waals surface area (Å²) in [4.78, 5) is 57.4. The van der Waals surface area contributed by atoms with Gasteiger partial charge in [0, 0.05) is 31.1 Å². The molecule has 3 aliphatic rings. The number of fused-ring (bicyclic) bond motifs is 3. The highest BCUT2D eigenvalue weighted by Crippen LogP contribution is 2.41. The number of H-pyrrole nitrogens is 1. The lowest BCUT2D eigenvalue weighted by molar-refractivity contribution is -0.140. The molecule has 2 aromatic carbocycles. The van der Waals surface area contributed by atoms with Crippen LogP contribution in [0.3, 0.4) is 0 Å². The molecule has 2 N–H and O–H groups in total. The van der Waals surface area contributed by atoms with Crippen molar-refractivity contribution in [2.45, 2.75) is 30.8 Å². The van der Waals surface area contributed by atoms with Gasteiger partial charge in [-0.1, -0.05) is 30.3 Å². The smallest absolute Gasteiger partial charge is 0.326 e. The number of carbonyl (C=O) groups is 3. The number of urea groups is 1. The summed E-state index contributed by atoms with van der Waals surface area (Å²) in [5, 5.41) is 2.83. The van der Waals surface area contributed by atoms with Crippen LogP contribution in [0.25, 0.3) is 11.0 Å². The van der Waals surface area contributed by atoms with E-state index in [4.69, 9.17) is 4.74 Å². The Morgan fingerprint density at radius 1 is 1.03 bits per heavy atom. The molecule has 2 saturated heterocycles. The number of benzene rings is 2. The highest BCUT2D eigenvalue weighted by Gasteiger charge is 2.55. The Balaban J connectivity index is 1.15. The number of imidazole rings is 1. The number of piperidine rings is 1. The number of para-hydroxylation sites is 3. The van der Waals surface area contributed by atoms with Crippen LogP contribution in [-0.2, 0) is 15.1 Å². The molecule has 1 atom stereocenters. The largest absolute Gasteiger partial charge is 0.493 e. The Hall–Kier alpha value is -4.08. The molecule has 4 heterocycles. The minimum atomic E-state index is -1.20. The summed E-state index contributed by atoms with van der Waals surface area (Å²) in [7, 11) is 0. The topological polar surface area (TPSA) is 117 Å². The van der Waals surface area contributed by atoms with Gasteiger partial charge in [-0.05, 0) is 31.0 Å². The lowest BCUT2D eigenvalue weighted by Crippen LogP contribution is -2.49. The second-order valence-electron chi connectivity index (χ2n) is 9.25. The number of rotatable bonds is 3. The molecule has 1 aromatic heterocycles. The molecule has 1 spiro atoms. The second-order valence-corrected chi connectivity index (χ2v) is 9.25. The number of likely N-dealkylation sites (tertiary alicyclic amines) is 1. The van der Waals surface area contributed by atoms with Crippen LogP contribution in [0.5, 0.6) is 5.75 Å². The molecule has 0 unspecified atom stereocenters. The zero-order valence-electron chi connectivity index (χ0n) is 19.0. The molecule has 3 aliphatic heterocycles. The Kier molecular flexibility index (Phi) is 4.91. The fourth-order valence-electron chi connectivity index (χ4n) is 5.56. The van der Waals surface area contributed by atoms with E-state index in [0.29, 0.717) is 50.3 Å². The van der Waals surface area contributed by atoms with Crippen LogP contribution in [0, 0.1) is 0 Å². The van der Waals surface area contributed by atoms with E-state index in [1.165, 1.54) is 0 Å². The summed E-state index contributed by atoms with van der Waals surface area (Å²) in [5.74, 6) is -0.141. The molecule has 0 radical (unpaired) electrons. The van der Waals surface area contributed by atoms with Crippen molar-refractivity contribution < 1.29 is 19.1 Å². The Morgan fingerprint density at radius 3 is 2.60 bits per heavy atom. The summed E-state index contributed by atoms with van der Waals surface area (Å²) in [6, 6.07) is 14.1. The number of hydrogen-bond donors (Lipinski definition) is 2. The van der Waals surface area contributed by atoms with Crippen molar-refractivity contribution in [3.63, 3.8) is 0 Å². The maximum atomic E-state index is 13.4. The third-order valence-electron chi connectivity index (χ3n) is 7.36. The van der Waals surface area contributed by atoms with E-state index >= 15 is 0 Å². The van der Waals surface area contributed by atoms with E-state index in [9.17, 15) is 19.2 Å². The highest BCUT2D eigenvalue weighted by atomic mass is 16.5. The molecule has 0 aliphatic carbocycles. The van der Waals surface area contributed by atoms with Crippen molar-refractivity contribution in [2.24, 2.45) is 0 Å². The summed E-state index contributed by atoms with van der Waals surface area (Å²) >= 11 is 0. The fourth-order valence-corrected chi connectivity index (χ4v) is 5.56. The molecule has 0 saturated carbocycles. The van der Waals surface area contributed by atoms with Crippen LogP contribution < -0.4 is 15.7 Å². The number of carbonyl (C=O) groups excluding carboxylic acids is 3. The third kappa shape index (κ3) is 3.31. The first kappa shape index (κ1) is 21.5. The molecular weight excluding hydrogens is 450 g/mol. The minimum Gasteiger partial charge on any atom is -0.493 e. The number of amides is 4. The average Bonchev–Trinajstić information content (AvgIpc) is 3.33. The van der Waals surface area contributed by atoms with Crippen molar-refractivity contribution in [1.29, 1.82) is 0 Å². The molecule has 10 nitrogen and oxygen atoms in total. The van der Waals surface area contributed by atoms with Gasteiger partial charge in [0.2, 0.25) is 5.91 Å². The molecule has 180 valence electrons. The van der Waals surface area contributed by atoms with E-state index in [2.05, 4.69) is 10.3 Å². The summed E-state index contributed by atoms with van der Waals surface area (Å²) in [5.41, 5.74) is 0.902. The standard InChI is InChI=1S/C25H25N5O5/c31-21(28-12-9-16(10-13-28)30-19-7-3-2-6-18(19)26-23(30)33)15-29-22(32)25(27-24(29)34)11-14-35-20-8-4-1-5-17(20)25/h1-8,16H,9-15H2,(H,26,33)(H,27,34)/t25-/m1/s1. The minimum absolute atomic E-state index is 0.0265. The molecule has 35 heavy (non-hydrogen) atoms. The van der Waals surface area contributed by atoms with Crippen LogP contribution in [0.2, 0.25) is 0 Å². The maximum Gasteiger partial charge on any atom is 0.326 e. The van der Waals surface area contributed by atoms with Crippen LogP contribution in [0.1, 0.15) is 30.9 Å². The number of nitrogens with one attached hydrogen (secondary N) is 2. The Morgan fingerprint density at radius 2 is 1.77 bits per heavy atom. The predicted molar refractivity (Wildman–Crippen MR) is 126 cm³/mol. The summed E-state index contributed by atoms with van der Waals surface area (Å²) in [6.45, 7) is 0.876. The lowest BCUT2D eigenvalue weighted by atomic mass is 9.84. The summed E-state index contributed by atoms with van der Waals surface area (Å²) < 4.78 is 7.42. The zero-order chi connectivity index (χ0) is 24.2. The van der Waals surface area contributed by atoms with E-state index in [1.54, 1.807) is 27.7 Å². The van der Waals surface area contributed by atoms with Crippen LogP contribution in [0.4, 0.5) is 4.79 Å². The number of aromatic nitrogens is 2. The molecular formula is C25H25N5O5. The first-order valence-electron chi connectivity index (χ1n) is 11.8. The van der Waals surface area contributed by atoms with Gasteiger partial charge in [0.15, 0.2) is 5.54 Å². The number of aromatic amines is 1. The van der Waals surface area contributed by atoms with E-state index < -0.39 is 17.5 Å². The van der Waals surface area contributed by atoms with Gasteiger partial charge in [0.05, 0.1) is 17.6 Å². The quantitative estimate of drug-likeness (QED) is 0.560. The van der Waals surface area contributed by atoms with Gasteiger partial charge in [-0.2, -0.15) is 0 Å². The average molecular weight is 476 g/mol. The van der Waals surface area contributed by atoms with Crippen molar-refractivity contribution >= 4 is 28.9 Å². The first-order chi connectivity index (χ1) is 17.0. The van der Waals surface area contributed by atoms with Crippen LogP contribution >= 0.6 is 0 Å². The van der Waals surface area contributed by atoms with Crippen molar-refractivity contribution in [2.75, 3.05) is 26.2 Å². The number of hydrogen-bond acceptors (Lipinski definition) is 5. The van der Waals surface area contributed by atoms with E-state index in [-0.39, 0.29) is 24.2 Å². The molecule has 2 fully saturated rings. The second kappa shape index (κ2) is 8.00. The number of ether oxygens (including phenoxy) is 1. The van der Waals surface area contributed by atoms with Gasteiger partial charge in [0.1, 0.15) is 12.3 Å². The normalized spacial score (nSPS) is 22.4. The Labute approximate surface area is 200 Å². The Bertz CT molecular complexity index is 1400. The van der Waals surface area contributed by atoms with Gasteiger partial charge in [-0.3, -0.25) is 19.1 Å². The molecule has 0 bridgehead atoms. The molecule has 10 heteroatoms. The molecule has 3 aromatic rings. The van der Waals surface area contributed by atoms with E-state index in [1.807, 2.05) is 30.3 Å². The number of nitrogens with zero attached hydrogens (tertiary/aromatic N) is 3. The molecule has 4 amide bonds. The van der Waals surface area contributed by atoms with Gasteiger partial charge in [-0.15, -0.1) is 0 Å². The van der Waals surface area contributed by atoms with Crippen molar-refractivity contribution in [1.82, 2.24) is 24.7 Å². The van der Waals surface area contributed by atoms with Gasteiger partial charge >= 0.3 is 11.7 Å². The monoisotopic (exact) mass is 475 g/mol. The molecule has 6 rings (SSSR count). The van der Waals surface area contributed by atoms with Crippen molar-refractivity contribution in [3.8, 4) is 5.75 Å². The van der Waals surface area contributed by atoms with Crippen LogP contribution in [-0.4, -0.2) is 63.4 Å². The summed E-state index contributed by atoms with van der Waals surface area (Å²) in [6.07, 6.45) is 1.54.